The zero-order chi connectivity index (χ0) is 14.8. The summed E-state index contributed by atoms with van der Waals surface area (Å²) in [6.45, 7) is 1.96. The van der Waals surface area contributed by atoms with Gasteiger partial charge in [0.25, 0.3) is 5.91 Å². The van der Waals surface area contributed by atoms with E-state index in [2.05, 4.69) is 10.6 Å². The van der Waals surface area contributed by atoms with Crippen LogP contribution in [0.4, 0.5) is 11.4 Å². The van der Waals surface area contributed by atoms with Crippen LogP contribution >= 0.6 is 11.8 Å². The van der Waals surface area contributed by atoms with Gasteiger partial charge in [-0.15, -0.1) is 11.8 Å². The number of hydrogen-bond acceptors (Lipinski definition) is 4. The number of para-hydroxylation sites is 1. The van der Waals surface area contributed by atoms with Crippen LogP contribution in [0.15, 0.2) is 53.4 Å². The number of anilines is 2. The van der Waals surface area contributed by atoms with Crippen LogP contribution in [-0.4, -0.2) is 22.5 Å². The molecule has 3 N–H and O–H groups in total. The quantitative estimate of drug-likeness (QED) is 0.797. The summed E-state index contributed by atoms with van der Waals surface area (Å²) in [5.74, 6) is -0.163. The molecule has 108 valence electrons. The van der Waals surface area contributed by atoms with E-state index >= 15 is 0 Å². The lowest BCUT2D eigenvalue weighted by Gasteiger charge is -2.28. The minimum atomic E-state index is -0.602. The summed E-state index contributed by atoms with van der Waals surface area (Å²) in [5, 5.41) is 15.8. The van der Waals surface area contributed by atoms with Crippen molar-refractivity contribution in [2.75, 3.05) is 10.6 Å². The highest BCUT2D eigenvalue weighted by Gasteiger charge is 2.24. The molecular formula is C16H16N2O2S. The molecule has 1 heterocycles. The van der Waals surface area contributed by atoms with Crippen LogP contribution in [0, 0.1) is 0 Å². The van der Waals surface area contributed by atoms with Gasteiger partial charge in [0.1, 0.15) is 6.23 Å². The zero-order valence-electron chi connectivity index (χ0n) is 11.5. The van der Waals surface area contributed by atoms with E-state index in [4.69, 9.17) is 0 Å². The molecule has 0 saturated carbocycles. The second-order valence-electron chi connectivity index (χ2n) is 4.94. The van der Waals surface area contributed by atoms with Gasteiger partial charge in [0.2, 0.25) is 0 Å². The molecule has 5 heteroatoms. The average Bonchev–Trinajstić information content (AvgIpc) is 2.49. The summed E-state index contributed by atoms with van der Waals surface area (Å²) in [7, 11) is 0. The highest BCUT2D eigenvalue weighted by atomic mass is 32.2. The number of fused-ring (bicyclic) bond motifs is 1. The van der Waals surface area contributed by atoms with Gasteiger partial charge in [-0.3, -0.25) is 4.79 Å². The molecule has 0 aliphatic carbocycles. The molecule has 0 bridgehead atoms. The first-order chi connectivity index (χ1) is 10.1. The summed E-state index contributed by atoms with van der Waals surface area (Å²) in [6.07, 6.45) is -0.602. The first-order valence-electron chi connectivity index (χ1n) is 6.75. The first-order valence-corrected chi connectivity index (χ1v) is 7.63. The summed E-state index contributed by atoms with van der Waals surface area (Å²) in [4.78, 5) is 13.3. The third-order valence-corrected chi connectivity index (χ3v) is 4.57. The van der Waals surface area contributed by atoms with Crippen LogP contribution in [0.3, 0.4) is 0 Å². The van der Waals surface area contributed by atoms with Gasteiger partial charge in [0.15, 0.2) is 0 Å². The van der Waals surface area contributed by atoms with E-state index in [9.17, 15) is 9.90 Å². The number of hydrogen-bond donors (Lipinski definition) is 3. The maximum Gasteiger partial charge on any atom is 0.255 e. The monoisotopic (exact) mass is 300 g/mol. The number of aliphatic hydroxyl groups excluding tert-OH is 1. The molecule has 2 atom stereocenters. The van der Waals surface area contributed by atoms with Crippen molar-refractivity contribution in [1.82, 2.24) is 0 Å². The van der Waals surface area contributed by atoms with Crippen molar-refractivity contribution in [1.29, 1.82) is 0 Å². The predicted octanol–water partition coefficient (Wildman–Crippen LogP) is 3.16. The smallest absolute Gasteiger partial charge is 0.255 e. The topological polar surface area (TPSA) is 61.4 Å². The van der Waals surface area contributed by atoms with Gasteiger partial charge < -0.3 is 15.7 Å². The molecule has 3 rings (SSSR count). The van der Waals surface area contributed by atoms with Gasteiger partial charge in [0, 0.05) is 16.1 Å². The van der Waals surface area contributed by atoms with Crippen LogP contribution in [0.1, 0.15) is 17.3 Å². The minimum absolute atomic E-state index is 0.0847. The Bertz CT molecular complexity index is 661. The van der Waals surface area contributed by atoms with Gasteiger partial charge in [-0.25, -0.2) is 0 Å². The van der Waals surface area contributed by atoms with Crippen LogP contribution in [0.5, 0.6) is 0 Å². The zero-order valence-corrected chi connectivity index (χ0v) is 12.4. The van der Waals surface area contributed by atoms with E-state index in [1.807, 2.05) is 43.3 Å². The molecule has 2 aromatic rings. The lowest BCUT2D eigenvalue weighted by atomic mass is 10.1. The molecule has 0 fully saturated rings. The van der Waals surface area contributed by atoms with Gasteiger partial charge >= 0.3 is 0 Å². The average molecular weight is 300 g/mol. The molecule has 0 aromatic heterocycles. The Labute approximate surface area is 127 Å². The standard InChI is InChI=1S/C16H16N2O2S/c1-10-15(19)18-13-9-11(7-8-14(13)21-10)16(20)17-12-5-3-2-4-6-12/h2-10,15,18-19H,1H3,(H,17,20). The maximum atomic E-state index is 12.2. The van der Waals surface area contributed by atoms with E-state index in [-0.39, 0.29) is 11.2 Å². The molecule has 2 unspecified atom stereocenters. The number of nitrogens with one attached hydrogen (secondary N) is 2. The third-order valence-electron chi connectivity index (χ3n) is 3.33. The second kappa shape index (κ2) is 5.79. The largest absolute Gasteiger partial charge is 0.373 e. The van der Waals surface area contributed by atoms with Crippen molar-refractivity contribution in [3.05, 3.63) is 54.1 Å². The predicted molar refractivity (Wildman–Crippen MR) is 85.8 cm³/mol. The number of carbonyl (C=O) groups excluding carboxylic acids is 1. The van der Waals surface area contributed by atoms with Crippen molar-refractivity contribution in [2.24, 2.45) is 0 Å². The van der Waals surface area contributed by atoms with Crippen molar-refractivity contribution in [2.45, 2.75) is 23.3 Å². The van der Waals surface area contributed by atoms with E-state index in [1.165, 1.54) is 0 Å². The number of amides is 1. The Morgan fingerprint density at radius 3 is 2.76 bits per heavy atom. The van der Waals surface area contributed by atoms with E-state index in [0.717, 1.165) is 16.3 Å². The van der Waals surface area contributed by atoms with Gasteiger partial charge in [0.05, 0.1) is 10.9 Å². The number of rotatable bonds is 2. The van der Waals surface area contributed by atoms with Gasteiger partial charge in [-0.2, -0.15) is 0 Å². The Kier molecular flexibility index (Phi) is 3.86. The number of aliphatic hydroxyl groups is 1. The van der Waals surface area contributed by atoms with Crippen LogP contribution < -0.4 is 10.6 Å². The molecule has 4 nitrogen and oxygen atoms in total. The van der Waals surface area contributed by atoms with Crippen molar-refractivity contribution in [3.63, 3.8) is 0 Å². The van der Waals surface area contributed by atoms with Crippen LogP contribution in [0.25, 0.3) is 0 Å². The Hall–Kier alpha value is -1.98. The van der Waals surface area contributed by atoms with E-state index in [0.29, 0.717) is 5.56 Å². The maximum absolute atomic E-state index is 12.2. The normalized spacial score (nSPS) is 20.3. The molecule has 21 heavy (non-hydrogen) atoms. The Morgan fingerprint density at radius 2 is 2.00 bits per heavy atom. The molecule has 0 spiro atoms. The molecule has 0 saturated heterocycles. The lowest BCUT2D eigenvalue weighted by Crippen LogP contribution is -2.32. The van der Waals surface area contributed by atoms with Gasteiger partial charge in [-0.1, -0.05) is 18.2 Å². The number of thioether (sulfide) groups is 1. The fourth-order valence-electron chi connectivity index (χ4n) is 2.15. The van der Waals surface area contributed by atoms with Crippen LogP contribution in [-0.2, 0) is 0 Å². The number of benzene rings is 2. The number of carbonyl (C=O) groups is 1. The summed E-state index contributed by atoms with van der Waals surface area (Å²) < 4.78 is 0. The lowest BCUT2D eigenvalue weighted by molar-refractivity contribution is 0.102. The molecule has 1 aliphatic heterocycles. The Morgan fingerprint density at radius 1 is 1.24 bits per heavy atom. The fourth-order valence-corrected chi connectivity index (χ4v) is 3.14. The molecule has 1 amide bonds. The SMILES string of the molecule is CC1Sc2ccc(C(=O)Nc3ccccc3)cc2NC1O. The van der Waals surface area contributed by atoms with Gasteiger partial charge in [-0.05, 0) is 37.3 Å². The van der Waals surface area contributed by atoms with E-state index < -0.39 is 6.23 Å². The minimum Gasteiger partial charge on any atom is -0.373 e. The molecular weight excluding hydrogens is 284 g/mol. The van der Waals surface area contributed by atoms with Crippen molar-refractivity contribution in [3.8, 4) is 0 Å². The van der Waals surface area contributed by atoms with Crippen molar-refractivity contribution < 1.29 is 9.90 Å². The molecule has 0 radical (unpaired) electrons. The highest BCUT2D eigenvalue weighted by molar-refractivity contribution is 8.00. The van der Waals surface area contributed by atoms with E-state index in [1.54, 1.807) is 23.9 Å². The third kappa shape index (κ3) is 3.04. The van der Waals surface area contributed by atoms with Crippen molar-refractivity contribution >= 4 is 29.0 Å². The molecule has 1 aliphatic rings. The second-order valence-corrected chi connectivity index (χ2v) is 6.36. The first kappa shape index (κ1) is 14.0. The summed E-state index contributed by atoms with van der Waals surface area (Å²) in [6, 6.07) is 14.8. The summed E-state index contributed by atoms with van der Waals surface area (Å²) in [5.41, 5.74) is 2.12. The highest BCUT2D eigenvalue weighted by Crippen LogP contribution is 2.37. The summed E-state index contributed by atoms with van der Waals surface area (Å²) >= 11 is 1.60. The fraction of sp³-hybridized carbons (Fsp3) is 0.188. The Balaban J connectivity index is 1.81. The molecule has 2 aromatic carbocycles. The van der Waals surface area contributed by atoms with Crippen LogP contribution in [0.2, 0.25) is 0 Å².